The summed E-state index contributed by atoms with van der Waals surface area (Å²) >= 11 is 6.27. The van der Waals surface area contributed by atoms with Crippen LogP contribution in [0.1, 0.15) is 156 Å². The highest BCUT2D eigenvalue weighted by Crippen LogP contribution is 2.23. The summed E-state index contributed by atoms with van der Waals surface area (Å²) in [7, 11) is 0. The number of hydrogen-bond acceptors (Lipinski definition) is 18. The van der Waals surface area contributed by atoms with Gasteiger partial charge < -0.3 is 79.5 Å². The molecule has 6 aromatic rings. The predicted octanol–water partition coefficient (Wildman–Crippen LogP) is 2.99. The maximum atomic E-state index is 15.2. The minimum absolute atomic E-state index is 0.0277. The van der Waals surface area contributed by atoms with Gasteiger partial charge in [-0.25, -0.2) is 0 Å². The van der Waals surface area contributed by atoms with Crippen LogP contribution in [0.2, 0.25) is 5.02 Å². The van der Waals surface area contributed by atoms with E-state index in [1.807, 2.05) is 70.2 Å². The number of pyridine rings is 3. The van der Waals surface area contributed by atoms with Crippen molar-refractivity contribution in [3.8, 4) is 0 Å². The number of aliphatic hydroxyl groups is 1. The standard InChI is InChI=1S/C82H108ClN17O14/c1-50(2)41-65(76(108)95-64(26-11-12-37-88-51(3)4)82(114)100-40-18-27-70(100)81(113)91-52(5)71(84)103)96-75(107)63(25-10-14-39-90-73(105)60-23-17-36-87-48-60)93-74(106)62(24-9-13-38-89-72(104)59-22-16-35-86-47-59)94-80(112)69(49-101)99-79(111)68(45-56-19-15-34-85-46-56)98-78(110)67(43-54-29-32-61(83)33-30-54)97-77(109)66(92-53(6)102)44-55-28-31-57-20-7-8-21-58(57)42-55/h7-8,15-17,19-23,28-36,42,46-48,50-52,62-70,88,101H,9-14,18,24-27,37-41,43-45,49H2,1-6H3,(H2,84,103)(H,89,104)(H,90,105)(H,91,113)(H,92,102)(H,93,106)(H,94,112)(H,95,108)(H,96,107)(H,97,109)(H,98,110)(H,99,111)/t52-,62+,63+,64+,65+,66+,67+,68+,69+,70+/m1/s1. The number of primary amides is 1. The molecule has 3 aromatic heterocycles. The number of fused-ring (bicyclic) bond motifs is 1. The fourth-order valence-electron chi connectivity index (χ4n) is 13.0. The maximum Gasteiger partial charge on any atom is 0.252 e. The van der Waals surface area contributed by atoms with Crippen molar-refractivity contribution in [2.45, 2.75) is 204 Å². The van der Waals surface area contributed by atoms with Gasteiger partial charge in [0.25, 0.3) is 11.8 Å². The summed E-state index contributed by atoms with van der Waals surface area (Å²) in [5.74, 6) is -9.75. The molecule has 10 atom stereocenters. The van der Waals surface area contributed by atoms with E-state index < -0.39 is 144 Å². The third-order valence-corrected chi connectivity index (χ3v) is 19.4. The van der Waals surface area contributed by atoms with E-state index in [0.717, 1.165) is 10.8 Å². The Morgan fingerprint density at radius 1 is 0.482 bits per heavy atom. The second-order valence-electron chi connectivity index (χ2n) is 29.2. The molecule has 7 rings (SSSR count). The summed E-state index contributed by atoms with van der Waals surface area (Å²) in [5, 5.41) is 46.8. The first kappa shape index (κ1) is 89.9. The lowest BCUT2D eigenvalue weighted by Crippen LogP contribution is -2.61. The molecule has 114 heavy (non-hydrogen) atoms. The molecule has 0 spiro atoms. The van der Waals surface area contributed by atoms with Crippen molar-refractivity contribution in [2.24, 2.45) is 11.7 Å². The molecule has 13 amide bonds. The van der Waals surface area contributed by atoms with Gasteiger partial charge in [0.05, 0.1) is 17.7 Å². The van der Waals surface area contributed by atoms with Crippen LogP contribution in [0.5, 0.6) is 0 Å². The highest BCUT2D eigenvalue weighted by atomic mass is 35.5. The van der Waals surface area contributed by atoms with Crippen molar-refractivity contribution in [3.63, 3.8) is 0 Å². The summed E-state index contributed by atoms with van der Waals surface area (Å²) < 4.78 is 0. The van der Waals surface area contributed by atoms with Crippen molar-refractivity contribution in [1.29, 1.82) is 0 Å². The van der Waals surface area contributed by atoms with Crippen LogP contribution in [-0.2, 0) is 72.0 Å². The summed E-state index contributed by atoms with van der Waals surface area (Å²) in [6.07, 6.45) is 10.9. The summed E-state index contributed by atoms with van der Waals surface area (Å²) in [5.41, 5.74) is 7.74. The van der Waals surface area contributed by atoms with Crippen LogP contribution in [0, 0.1) is 5.92 Å². The van der Waals surface area contributed by atoms with E-state index in [2.05, 4.69) is 78.8 Å². The van der Waals surface area contributed by atoms with E-state index in [-0.39, 0.29) is 114 Å². The number of unbranched alkanes of at least 4 members (excludes halogenated alkanes) is 3. The Balaban J connectivity index is 1.15. The highest BCUT2D eigenvalue weighted by Gasteiger charge is 2.40. The fourth-order valence-corrected chi connectivity index (χ4v) is 13.1. The number of amides is 13. The van der Waals surface area contributed by atoms with Gasteiger partial charge in [0, 0.05) is 94.1 Å². The lowest BCUT2D eigenvalue weighted by atomic mass is 9.99. The third-order valence-electron chi connectivity index (χ3n) is 19.1. The number of nitrogens with one attached hydrogen (secondary N) is 12. The van der Waals surface area contributed by atoms with Crippen LogP contribution >= 0.6 is 11.6 Å². The molecule has 3 aromatic carbocycles. The minimum Gasteiger partial charge on any atom is -0.394 e. The Kier molecular flexibility index (Phi) is 36.8. The molecular weight excluding hydrogens is 1480 g/mol. The number of nitrogens with two attached hydrogens (primary N) is 1. The van der Waals surface area contributed by atoms with Crippen molar-refractivity contribution in [3.05, 3.63) is 173 Å². The molecule has 1 saturated heterocycles. The first-order valence-corrected chi connectivity index (χ1v) is 39.2. The number of hydrogen-bond donors (Lipinski definition) is 14. The second-order valence-corrected chi connectivity index (χ2v) is 29.6. The monoisotopic (exact) mass is 1590 g/mol. The Bertz CT molecular complexity index is 4210. The van der Waals surface area contributed by atoms with Crippen LogP contribution in [0.3, 0.4) is 0 Å². The lowest BCUT2D eigenvalue weighted by molar-refractivity contribution is -0.142. The molecule has 0 bridgehead atoms. The maximum absolute atomic E-state index is 15.2. The minimum atomic E-state index is -1.83. The van der Waals surface area contributed by atoms with Gasteiger partial charge in [0.15, 0.2) is 0 Å². The zero-order valence-electron chi connectivity index (χ0n) is 65.3. The van der Waals surface area contributed by atoms with Gasteiger partial charge in [-0.05, 0) is 166 Å². The average molecular weight is 1590 g/mol. The zero-order valence-corrected chi connectivity index (χ0v) is 66.1. The molecule has 0 unspecified atom stereocenters. The van der Waals surface area contributed by atoms with Crippen molar-refractivity contribution >= 4 is 99.2 Å². The molecule has 0 aliphatic carbocycles. The predicted molar refractivity (Wildman–Crippen MR) is 428 cm³/mol. The second kappa shape index (κ2) is 46.6. The number of carbonyl (C=O) groups is 13. The topological polar surface area (TPSA) is 454 Å². The van der Waals surface area contributed by atoms with Gasteiger partial charge in [-0.2, -0.15) is 0 Å². The van der Waals surface area contributed by atoms with Crippen molar-refractivity contribution < 1.29 is 67.4 Å². The quantitative estimate of drug-likeness (QED) is 0.0244. The van der Waals surface area contributed by atoms with E-state index in [9.17, 15) is 57.8 Å². The molecule has 31 nitrogen and oxygen atoms in total. The third kappa shape index (κ3) is 30.0. The molecule has 1 aliphatic rings. The first-order valence-electron chi connectivity index (χ1n) is 38.8. The normalized spacial score (nSPS) is 14.9. The van der Waals surface area contributed by atoms with Gasteiger partial charge >= 0.3 is 0 Å². The van der Waals surface area contributed by atoms with E-state index in [1.54, 1.807) is 60.7 Å². The van der Waals surface area contributed by atoms with Crippen molar-refractivity contribution in [1.82, 2.24) is 83.7 Å². The number of aromatic nitrogens is 3. The van der Waals surface area contributed by atoms with Crippen LogP contribution in [0.15, 0.2) is 140 Å². The highest BCUT2D eigenvalue weighted by molar-refractivity contribution is 6.30. The van der Waals surface area contributed by atoms with Crippen LogP contribution in [0.25, 0.3) is 10.8 Å². The number of carbonyl (C=O) groups excluding carboxylic acids is 13. The molecule has 1 aliphatic heterocycles. The lowest BCUT2D eigenvalue weighted by Gasteiger charge is -2.31. The van der Waals surface area contributed by atoms with E-state index in [0.29, 0.717) is 53.1 Å². The van der Waals surface area contributed by atoms with Gasteiger partial charge in [0.2, 0.25) is 65.0 Å². The number of nitrogens with zero attached hydrogens (tertiary/aromatic N) is 4. The fraction of sp³-hybridized carbons (Fsp3) is 0.463. The molecule has 1 fully saturated rings. The number of benzene rings is 3. The van der Waals surface area contributed by atoms with Crippen molar-refractivity contribution in [2.75, 3.05) is 32.8 Å². The molecule has 4 heterocycles. The summed E-state index contributed by atoms with van der Waals surface area (Å²) in [6, 6.07) is 15.9. The Morgan fingerprint density at radius 2 is 0.939 bits per heavy atom. The average Bonchev–Trinajstić information content (AvgIpc) is 1.51. The molecule has 612 valence electrons. The molecule has 15 N–H and O–H groups in total. The van der Waals surface area contributed by atoms with Crippen LogP contribution in [0.4, 0.5) is 0 Å². The molecule has 0 saturated carbocycles. The Hall–Kier alpha value is -11.3. The smallest absolute Gasteiger partial charge is 0.252 e. The molecular formula is C82H108ClN17O14. The van der Waals surface area contributed by atoms with E-state index in [4.69, 9.17) is 17.3 Å². The van der Waals surface area contributed by atoms with Crippen LogP contribution in [-0.4, -0.2) is 201 Å². The molecule has 32 heteroatoms. The SMILES string of the molecule is CC(=O)N[C@@H](Cc1ccc2ccccc2c1)C(=O)N[C@@H](Cc1ccc(Cl)cc1)C(=O)N[C@@H](Cc1cccnc1)C(=O)N[C@@H](CO)C(=O)N[C@@H](CCCCNC(=O)c1cccnc1)C(=O)N[C@@H](CCCCNC(=O)c1cccnc1)C(=O)N[C@@H](CC(C)C)C(=O)N[C@@H](CCCCNC(C)C)C(=O)N1CCC[C@H]1C(=O)N[C@H](C)C(N)=O. The van der Waals surface area contributed by atoms with Crippen LogP contribution < -0.4 is 69.5 Å². The Morgan fingerprint density at radius 3 is 1.46 bits per heavy atom. The molecule has 0 radical (unpaired) electrons. The van der Waals surface area contributed by atoms with Gasteiger partial charge in [-0.3, -0.25) is 77.3 Å². The Labute approximate surface area is 669 Å². The first-order chi connectivity index (χ1) is 54.7. The van der Waals surface area contributed by atoms with E-state index in [1.165, 1.54) is 55.9 Å². The summed E-state index contributed by atoms with van der Waals surface area (Å²) in [6.45, 7) is 10.2. The van der Waals surface area contributed by atoms with Gasteiger partial charge in [-0.15, -0.1) is 0 Å². The number of rotatable bonds is 46. The number of halogens is 1. The number of likely N-dealkylation sites (tertiary alicyclic amines) is 1. The van der Waals surface area contributed by atoms with E-state index >= 15 is 9.59 Å². The van der Waals surface area contributed by atoms with Gasteiger partial charge in [0.1, 0.15) is 60.4 Å². The number of aliphatic hydroxyl groups excluding tert-OH is 1. The van der Waals surface area contributed by atoms with Gasteiger partial charge in [-0.1, -0.05) is 100.0 Å². The largest absolute Gasteiger partial charge is 0.394 e. The zero-order chi connectivity index (χ0) is 82.6. The summed E-state index contributed by atoms with van der Waals surface area (Å²) in [4.78, 5) is 197.